The van der Waals surface area contributed by atoms with Crippen molar-refractivity contribution in [3.8, 4) is 23.0 Å². The van der Waals surface area contributed by atoms with Crippen LogP contribution in [0.25, 0.3) is 0 Å². The predicted octanol–water partition coefficient (Wildman–Crippen LogP) is 2.73. The monoisotopic (exact) mass is 256 g/mol. The number of benzene rings is 2. The van der Waals surface area contributed by atoms with Gasteiger partial charge in [0, 0.05) is 0 Å². The zero-order valence-corrected chi connectivity index (χ0v) is 10.2. The summed E-state index contributed by atoms with van der Waals surface area (Å²) in [5.74, 6) is 3.26. The average molecular weight is 256 g/mol. The lowest BCUT2D eigenvalue weighted by atomic mass is 10.0. The molecule has 0 amide bonds. The third-order valence-electron chi connectivity index (χ3n) is 3.28. The zero-order valence-electron chi connectivity index (χ0n) is 10.2. The molecule has 0 saturated heterocycles. The molecule has 2 aliphatic rings. The van der Waals surface area contributed by atoms with Crippen molar-refractivity contribution in [1.82, 2.24) is 0 Å². The summed E-state index contributed by atoms with van der Waals surface area (Å²) in [5.41, 5.74) is 2.37. The number of hydrogen-bond acceptors (Lipinski definition) is 4. The molecule has 0 aromatic heterocycles. The van der Waals surface area contributed by atoms with E-state index in [1.54, 1.807) is 0 Å². The Labute approximate surface area is 110 Å². The number of fused-ring (bicyclic) bond motifs is 2. The van der Waals surface area contributed by atoms with Crippen LogP contribution in [0.4, 0.5) is 0 Å². The highest BCUT2D eigenvalue weighted by molar-refractivity contribution is 5.48. The van der Waals surface area contributed by atoms with Gasteiger partial charge >= 0.3 is 0 Å². The van der Waals surface area contributed by atoms with E-state index in [-0.39, 0.29) is 0 Å². The molecule has 4 rings (SSSR count). The van der Waals surface area contributed by atoms with Gasteiger partial charge in [-0.05, 0) is 41.8 Å². The summed E-state index contributed by atoms with van der Waals surface area (Å²) in [7, 11) is 0. The van der Waals surface area contributed by atoms with Crippen LogP contribution < -0.4 is 18.9 Å². The minimum atomic E-state index is 0.308. The average Bonchev–Trinajstić information content (AvgIpc) is 3.05. The van der Waals surface area contributed by atoms with Crippen LogP contribution in [0.15, 0.2) is 36.4 Å². The second kappa shape index (κ2) is 4.09. The Kier molecular flexibility index (Phi) is 2.27. The number of ether oxygens (including phenoxy) is 4. The molecule has 0 aliphatic carbocycles. The lowest BCUT2D eigenvalue weighted by Gasteiger charge is -2.05. The van der Waals surface area contributed by atoms with Gasteiger partial charge in [-0.25, -0.2) is 0 Å². The molecular weight excluding hydrogens is 244 g/mol. The summed E-state index contributed by atoms with van der Waals surface area (Å²) >= 11 is 0. The van der Waals surface area contributed by atoms with Gasteiger partial charge in [0.25, 0.3) is 0 Å². The van der Waals surface area contributed by atoms with Crippen molar-refractivity contribution in [2.24, 2.45) is 0 Å². The third-order valence-corrected chi connectivity index (χ3v) is 3.28. The van der Waals surface area contributed by atoms with Gasteiger partial charge in [-0.15, -0.1) is 0 Å². The fourth-order valence-electron chi connectivity index (χ4n) is 2.34. The standard InChI is InChI=1S/C15H12O4/c1-3-12-14(18-8-16-12)6-10(1)5-11-2-4-13-15(7-11)19-9-17-13/h1-4,6-7H,5,8-9H2. The normalized spacial score (nSPS) is 14.7. The molecule has 0 unspecified atom stereocenters. The smallest absolute Gasteiger partial charge is 0.231 e. The van der Waals surface area contributed by atoms with Gasteiger partial charge in [0.1, 0.15) is 0 Å². The molecule has 19 heavy (non-hydrogen) atoms. The van der Waals surface area contributed by atoms with Gasteiger partial charge in [-0.2, -0.15) is 0 Å². The predicted molar refractivity (Wildman–Crippen MR) is 67.9 cm³/mol. The molecule has 2 aliphatic heterocycles. The van der Waals surface area contributed by atoms with Gasteiger partial charge in [-0.3, -0.25) is 0 Å². The van der Waals surface area contributed by atoms with Crippen molar-refractivity contribution in [2.75, 3.05) is 13.6 Å². The van der Waals surface area contributed by atoms with E-state index in [4.69, 9.17) is 18.9 Å². The van der Waals surface area contributed by atoms with Crippen LogP contribution in [0, 0.1) is 0 Å². The molecule has 0 spiro atoms. The van der Waals surface area contributed by atoms with Crippen molar-refractivity contribution in [3.63, 3.8) is 0 Å². The molecule has 0 saturated carbocycles. The molecule has 2 aromatic rings. The van der Waals surface area contributed by atoms with Crippen molar-refractivity contribution in [3.05, 3.63) is 47.5 Å². The van der Waals surface area contributed by atoms with Crippen LogP contribution in [-0.2, 0) is 6.42 Å². The Hall–Kier alpha value is -2.36. The van der Waals surface area contributed by atoms with Gasteiger partial charge in [0.15, 0.2) is 23.0 Å². The van der Waals surface area contributed by atoms with Crippen molar-refractivity contribution in [1.29, 1.82) is 0 Å². The van der Waals surface area contributed by atoms with E-state index < -0.39 is 0 Å². The van der Waals surface area contributed by atoms with E-state index in [1.807, 2.05) is 24.3 Å². The Bertz CT molecular complexity index is 581. The molecule has 0 atom stereocenters. The Morgan fingerprint density at radius 1 is 0.632 bits per heavy atom. The summed E-state index contributed by atoms with van der Waals surface area (Å²) in [5, 5.41) is 0. The fraction of sp³-hybridized carbons (Fsp3) is 0.200. The Morgan fingerprint density at radius 3 is 1.63 bits per heavy atom. The lowest BCUT2D eigenvalue weighted by molar-refractivity contribution is 0.173. The molecule has 0 radical (unpaired) electrons. The van der Waals surface area contributed by atoms with Gasteiger partial charge in [0.05, 0.1) is 0 Å². The van der Waals surface area contributed by atoms with E-state index in [2.05, 4.69) is 12.1 Å². The summed E-state index contributed by atoms with van der Waals surface area (Å²) in [4.78, 5) is 0. The molecule has 0 bridgehead atoms. The molecule has 0 N–H and O–H groups in total. The molecule has 4 nitrogen and oxygen atoms in total. The van der Waals surface area contributed by atoms with E-state index in [0.29, 0.717) is 13.6 Å². The highest BCUT2D eigenvalue weighted by Gasteiger charge is 2.15. The topological polar surface area (TPSA) is 36.9 Å². The number of hydrogen-bond donors (Lipinski definition) is 0. The van der Waals surface area contributed by atoms with Crippen LogP contribution in [0.1, 0.15) is 11.1 Å². The lowest BCUT2D eigenvalue weighted by Crippen LogP contribution is -1.93. The maximum atomic E-state index is 5.38. The first kappa shape index (κ1) is 10.6. The summed E-state index contributed by atoms with van der Waals surface area (Å²) < 4.78 is 21.4. The molecule has 2 aromatic carbocycles. The van der Waals surface area contributed by atoms with E-state index in [0.717, 1.165) is 29.4 Å². The quantitative estimate of drug-likeness (QED) is 0.828. The van der Waals surface area contributed by atoms with Gasteiger partial charge in [0.2, 0.25) is 13.6 Å². The molecule has 4 heteroatoms. The maximum absolute atomic E-state index is 5.38. The minimum absolute atomic E-state index is 0.308. The zero-order chi connectivity index (χ0) is 12.7. The van der Waals surface area contributed by atoms with E-state index in [1.165, 1.54) is 11.1 Å². The second-order valence-corrected chi connectivity index (χ2v) is 4.55. The molecule has 0 fully saturated rings. The minimum Gasteiger partial charge on any atom is -0.454 e. The van der Waals surface area contributed by atoms with Gasteiger partial charge < -0.3 is 18.9 Å². The molecule has 96 valence electrons. The van der Waals surface area contributed by atoms with Crippen molar-refractivity contribution in [2.45, 2.75) is 6.42 Å². The summed E-state index contributed by atoms with van der Waals surface area (Å²) in [6, 6.07) is 12.0. The van der Waals surface area contributed by atoms with Crippen LogP contribution >= 0.6 is 0 Å². The van der Waals surface area contributed by atoms with Crippen LogP contribution in [-0.4, -0.2) is 13.6 Å². The second-order valence-electron chi connectivity index (χ2n) is 4.55. The summed E-state index contributed by atoms with van der Waals surface area (Å²) in [6.07, 6.45) is 0.827. The molecule has 2 heterocycles. The first-order chi connectivity index (χ1) is 9.38. The van der Waals surface area contributed by atoms with Crippen molar-refractivity contribution < 1.29 is 18.9 Å². The fourth-order valence-corrected chi connectivity index (χ4v) is 2.34. The highest BCUT2D eigenvalue weighted by atomic mass is 16.7. The first-order valence-corrected chi connectivity index (χ1v) is 6.15. The van der Waals surface area contributed by atoms with Crippen LogP contribution in [0.2, 0.25) is 0 Å². The number of rotatable bonds is 2. The van der Waals surface area contributed by atoms with Crippen LogP contribution in [0.3, 0.4) is 0 Å². The first-order valence-electron chi connectivity index (χ1n) is 6.15. The maximum Gasteiger partial charge on any atom is 0.231 e. The third kappa shape index (κ3) is 1.85. The van der Waals surface area contributed by atoms with Gasteiger partial charge in [-0.1, -0.05) is 12.1 Å². The van der Waals surface area contributed by atoms with E-state index >= 15 is 0 Å². The largest absolute Gasteiger partial charge is 0.454 e. The van der Waals surface area contributed by atoms with E-state index in [9.17, 15) is 0 Å². The highest BCUT2D eigenvalue weighted by Crippen LogP contribution is 2.35. The Morgan fingerprint density at radius 2 is 1.11 bits per heavy atom. The summed E-state index contributed by atoms with van der Waals surface area (Å²) in [6.45, 7) is 0.617. The SMILES string of the molecule is c1cc2c(cc1Cc1ccc3c(c1)OCO3)OCO2. The molecular formula is C15H12O4. The van der Waals surface area contributed by atoms with Crippen molar-refractivity contribution >= 4 is 0 Å². The Balaban J connectivity index is 1.61. The van der Waals surface area contributed by atoms with Crippen LogP contribution in [0.5, 0.6) is 23.0 Å².